The maximum Gasteiger partial charge on any atom is -1.00 e. The summed E-state index contributed by atoms with van der Waals surface area (Å²) in [6.45, 7) is 4.61. The average molecular weight is 409 g/mol. The zero-order valence-electron chi connectivity index (χ0n) is 11.1. The quantitative estimate of drug-likeness (QED) is 0.484. The van der Waals surface area contributed by atoms with Crippen LogP contribution in [0.4, 0.5) is 0 Å². The van der Waals surface area contributed by atoms with Crippen LogP contribution in [0.2, 0.25) is 10.4 Å². The molecule has 0 fully saturated rings. The fraction of sp³-hybridized carbons (Fsp3) is 0.571. The van der Waals surface area contributed by atoms with Gasteiger partial charge >= 0.3 is 104 Å². The third kappa shape index (κ3) is 6.15. The molecule has 0 aromatic heterocycles. The Hall–Kier alpha value is 0.308. The zero-order valence-corrected chi connectivity index (χ0v) is 15.1. The van der Waals surface area contributed by atoms with E-state index >= 15 is 0 Å². The summed E-state index contributed by atoms with van der Waals surface area (Å²) in [6.07, 6.45) is 2.68. The number of rotatable bonds is 7. The Balaban J connectivity index is 0.00000256. The van der Waals surface area contributed by atoms with Crippen molar-refractivity contribution in [1.82, 2.24) is 0 Å². The SMILES string of the molecule is CCC[As+](CCC)Cc1ccccc1OC.[I-]. The Kier molecular flexibility index (Phi) is 10.4. The first-order valence-electron chi connectivity index (χ1n) is 6.16. The van der Waals surface area contributed by atoms with Gasteiger partial charge in [-0.2, -0.15) is 0 Å². The van der Waals surface area contributed by atoms with Gasteiger partial charge in [0.15, 0.2) is 0 Å². The van der Waals surface area contributed by atoms with Crippen molar-refractivity contribution in [2.75, 3.05) is 7.11 Å². The van der Waals surface area contributed by atoms with Gasteiger partial charge in [0.25, 0.3) is 0 Å². The minimum Gasteiger partial charge on any atom is -1.00 e. The summed E-state index contributed by atoms with van der Waals surface area (Å²) in [6, 6.07) is 8.49. The average Bonchev–Trinajstić information content (AvgIpc) is 2.30. The molecule has 0 spiro atoms. The molecule has 0 aliphatic heterocycles. The van der Waals surface area contributed by atoms with Gasteiger partial charge in [-0.1, -0.05) is 0 Å². The summed E-state index contributed by atoms with van der Waals surface area (Å²) in [4.78, 5) is 0. The molecule has 0 unspecified atom stereocenters. The van der Waals surface area contributed by atoms with Crippen molar-refractivity contribution >= 4 is 14.7 Å². The number of hydrogen-bond acceptors (Lipinski definition) is 1. The van der Waals surface area contributed by atoms with E-state index in [0.717, 1.165) is 5.75 Å². The van der Waals surface area contributed by atoms with Crippen molar-refractivity contribution < 1.29 is 28.7 Å². The molecule has 1 rings (SSSR count). The van der Waals surface area contributed by atoms with Gasteiger partial charge in [-0.05, 0) is 0 Å². The van der Waals surface area contributed by atoms with Gasteiger partial charge in [-0.3, -0.25) is 0 Å². The van der Waals surface area contributed by atoms with Crippen LogP contribution >= 0.6 is 0 Å². The number of methoxy groups -OCH3 is 1. The van der Waals surface area contributed by atoms with Crippen molar-refractivity contribution in [2.24, 2.45) is 0 Å². The normalized spacial score (nSPS) is 10.1. The molecule has 97 valence electrons. The van der Waals surface area contributed by atoms with E-state index in [4.69, 9.17) is 4.74 Å². The van der Waals surface area contributed by atoms with Gasteiger partial charge in [0.1, 0.15) is 0 Å². The summed E-state index contributed by atoms with van der Waals surface area (Å²) < 4.78 is 5.43. The van der Waals surface area contributed by atoms with E-state index in [9.17, 15) is 0 Å². The molecule has 1 radical (unpaired) electrons. The number of halogens is 1. The minimum atomic E-state index is -0.652. The van der Waals surface area contributed by atoms with E-state index in [-0.39, 0.29) is 24.0 Å². The van der Waals surface area contributed by atoms with E-state index in [2.05, 4.69) is 38.1 Å². The molecule has 0 N–H and O–H groups in total. The van der Waals surface area contributed by atoms with E-state index in [1.807, 2.05) is 0 Å². The van der Waals surface area contributed by atoms with Crippen molar-refractivity contribution in [3.05, 3.63) is 29.8 Å². The molecule has 17 heavy (non-hydrogen) atoms. The van der Waals surface area contributed by atoms with Crippen LogP contribution in [0.1, 0.15) is 32.3 Å². The standard InChI is InChI=1S/C14H23AsO.HI/c1-4-10-15(11-5-2)12-13-8-6-7-9-14(13)16-3;/h6-9H,4-5,10-12H2,1-3H3;1H/q+1;/p-1. The number of para-hydroxylation sites is 1. The molecule has 0 bridgehead atoms. The zero-order chi connectivity index (χ0) is 11.8. The molecule has 0 amide bonds. The van der Waals surface area contributed by atoms with E-state index in [0.29, 0.717) is 0 Å². The molecule has 0 aliphatic rings. The first-order valence-corrected chi connectivity index (χ1v) is 10.1. The summed E-state index contributed by atoms with van der Waals surface area (Å²) in [7, 11) is 1.77. The second-order valence-corrected chi connectivity index (χ2v) is 9.44. The molecule has 1 nitrogen and oxygen atoms in total. The van der Waals surface area contributed by atoms with Gasteiger partial charge in [-0.15, -0.1) is 0 Å². The van der Waals surface area contributed by atoms with Gasteiger partial charge in [0.05, 0.1) is 0 Å². The topological polar surface area (TPSA) is 9.23 Å². The molecule has 0 atom stereocenters. The molecule has 1 aromatic carbocycles. The molecule has 0 saturated heterocycles. The van der Waals surface area contributed by atoms with E-state index in [1.165, 1.54) is 34.0 Å². The molecule has 1 aromatic rings. The molecule has 0 aliphatic carbocycles. The van der Waals surface area contributed by atoms with Crippen molar-refractivity contribution in [1.29, 1.82) is 0 Å². The van der Waals surface area contributed by atoms with Crippen LogP contribution in [-0.4, -0.2) is 21.8 Å². The van der Waals surface area contributed by atoms with Crippen LogP contribution in [0.25, 0.3) is 0 Å². The van der Waals surface area contributed by atoms with Crippen molar-refractivity contribution in [3.63, 3.8) is 0 Å². The molecular weight excluding hydrogens is 386 g/mol. The fourth-order valence-corrected chi connectivity index (χ4v) is 7.32. The second kappa shape index (κ2) is 10.3. The summed E-state index contributed by atoms with van der Waals surface area (Å²) in [5, 5.41) is 4.25. The summed E-state index contributed by atoms with van der Waals surface area (Å²) in [5.74, 6) is 1.08. The van der Waals surface area contributed by atoms with Crippen molar-refractivity contribution in [3.8, 4) is 5.75 Å². The molecule has 0 heterocycles. The third-order valence-corrected chi connectivity index (χ3v) is 8.85. The van der Waals surface area contributed by atoms with Crippen LogP contribution in [0.5, 0.6) is 5.75 Å². The van der Waals surface area contributed by atoms with Gasteiger partial charge in [0.2, 0.25) is 0 Å². The Bertz CT molecular complexity index is 298. The molecule has 0 saturated carbocycles. The predicted molar refractivity (Wildman–Crippen MR) is 72.6 cm³/mol. The smallest absolute Gasteiger partial charge is 1.00 e. The van der Waals surface area contributed by atoms with Crippen LogP contribution in [0.15, 0.2) is 24.3 Å². The second-order valence-electron chi connectivity index (χ2n) is 4.09. The maximum absolute atomic E-state index is 5.43. The predicted octanol–water partition coefficient (Wildman–Crippen LogP) is 1.10. The summed E-state index contributed by atoms with van der Waals surface area (Å²) in [5.41, 5.74) is 1.42. The Morgan fingerprint density at radius 3 is 2.18 bits per heavy atom. The van der Waals surface area contributed by atoms with Crippen LogP contribution in [0, 0.1) is 0 Å². The number of ether oxygens (including phenoxy) is 1. The first-order chi connectivity index (χ1) is 7.81. The van der Waals surface area contributed by atoms with Gasteiger partial charge in [0, 0.05) is 0 Å². The van der Waals surface area contributed by atoms with Gasteiger partial charge in [-0.25, -0.2) is 0 Å². The summed E-state index contributed by atoms with van der Waals surface area (Å²) >= 11 is -0.652. The Morgan fingerprint density at radius 2 is 1.65 bits per heavy atom. The van der Waals surface area contributed by atoms with Crippen LogP contribution in [0.3, 0.4) is 0 Å². The fourth-order valence-electron chi connectivity index (χ4n) is 1.98. The number of hydrogen-bond donors (Lipinski definition) is 0. The third-order valence-electron chi connectivity index (χ3n) is 2.67. The van der Waals surface area contributed by atoms with Gasteiger partial charge < -0.3 is 24.0 Å². The van der Waals surface area contributed by atoms with Crippen LogP contribution in [-0.2, 0) is 5.21 Å². The maximum atomic E-state index is 5.43. The van der Waals surface area contributed by atoms with Crippen LogP contribution < -0.4 is 28.7 Å². The monoisotopic (exact) mass is 409 g/mol. The first kappa shape index (κ1) is 17.3. The molecular formula is C14H23AsIO. The van der Waals surface area contributed by atoms with E-state index < -0.39 is 14.7 Å². The largest absolute Gasteiger partial charge is 1.00 e. The molecule has 3 heteroatoms. The van der Waals surface area contributed by atoms with Crippen molar-refractivity contribution in [2.45, 2.75) is 42.3 Å². The minimum absolute atomic E-state index is 0. The Morgan fingerprint density at radius 1 is 1.06 bits per heavy atom. The number of benzene rings is 1. The Labute approximate surface area is 128 Å². The van der Waals surface area contributed by atoms with E-state index in [1.54, 1.807) is 7.11 Å².